The summed E-state index contributed by atoms with van der Waals surface area (Å²) in [5, 5.41) is 0. The van der Waals surface area contributed by atoms with Crippen LogP contribution in [0.25, 0.3) is 5.69 Å². The van der Waals surface area contributed by atoms with Gasteiger partial charge in [-0.25, -0.2) is 0 Å². The second-order valence-electron chi connectivity index (χ2n) is 6.92. The molecule has 1 aliphatic carbocycles. The Labute approximate surface area is 148 Å². The molecule has 0 saturated carbocycles. The zero-order valence-electron chi connectivity index (χ0n) is 14.6. The molecule has 0 amide bonds. The van der Waals surface area contributed by atoms with E-state index in [0.717, 1.165) is 42.1 Å². The number of hydrogen-bond acceptors (Lipinski definition) is 4. The smallest absolute Gasteiger partial charge is 0.164 e. The largest absolute Gasteiger partial charge is 0.490 e. The van der Waals surface area contributed by atoms with E-state index in [2.05, 4.69) is 14.5 Å². The number of ketones is 1. The molecule has 4 rings (SSSR count). The molecule has 0 atom stereocenters. The van der Waals surface area contributed by atoms with Gasteiger partial charge in [-0.15, -0.1) is 0 Å². The van der Waals surface area contributed by atoms with Crippen molar-refractivity contribution in [2.24, 2.45) is 0 Å². The fourth-order valence-electron chi connectivity index (χ4n) is 3.89. The van der Waals surface area contributed by atoms with Gasteiger partial charge in [-0.05, 0) is 44.8 Å². The number of carbonyl (C=O) groups excluding carboxylic acids is 1. The summed E-state index contributed by atoms with van der Waals surface area (Å²) in [5.74, 6) is 1.08. The van der Waals surface area contributed by atoms with Crippen molar-refractivity contribution in [3.05, 3.63) is 42.0 Å². The first-order chi connectivity index (χ1) is 12.3. The molecule has 1 saturated heterocycles. The summed E-state index contributed by atoms with van der Waals surface area (Å²) < 4.78 is 8.17. The monoisotopic (exact) mass is 339 g/mol. The lowest BCUT2D eigenvalue weighted by Crippen LogP contribution is -2.33. The maximum Gasteiger partial charge on any atom is 0.164 e. The van der Waals surface area contributed by atoms with Crippen LogP contribution in [-0.2, 0) is 6.42 Å². The highest BCUT2D eigenvalue weighted by atomic mass is 16.5. The van der Waals surface area contributed by atoms with Crippen LogP contribution in [0.3, 0.4) is 0 Å². The molecule has 2 aliphatic rings. The average molecular weight is 339 g/mol. The fourth-order valence-corrected chi connectivity index (χ4v) is 3.89. The Morgan fingerprint density at radius 2 is 1.96 bits per heavy atom. The van der Waals surface area contributed by atoms with E-state index in [1.807, 2.05) is 24.5 Å². The van der Waals surface area contributed by atoms with E-state index >= 15 is 0 Å². The predicted molar refractivity (Wildman–Crippen MR) is 96.6 cm³/mol. The van der Waals surface area contributed by atoms with Crippen molar-refractivity contribution in [3.63, 3.8) is 0 Å². The number of ether oxygens (including phenoxy) is 1. The third-order valence-electron chi connectivity index (χ3n) is 5.24. The topological polar surface area (TPSA) is 47.4 Å². The van der Waals surface area contributed by atoms with E-state index in [4.69, 9.17) is 4.74 Å². The Morgan fingerprint density at radius 1 is 1.08 bits per heavy atom. The number of Topliss-reactive ketones (excluding diaryl/α,β-unsaturated/α-hetero) is 1. The number of rotatable bonds is 5. The van der Waals surface area contributed by atoms with Crippen LogP contribution in [0.5, 0.6) is 5.75 Å². The summed E-state index contributed by atoms with van der Waals surface area (Å²) in [7, 11) is 0. The third-order valence-corrected chi connectivity index (χ3v) is 5.24. The number of pyridine rings is 1. The zero-order chi connectivity index (χ0) is 17.1. The van der Waals surface area contributed by atoms with Crippen LogP contribution in [0.2, 0.25) is 0 Å². The molecule has 3 heterocycles. The normalized spacial score (nSPS) is 18.2. The van der Waals surface area contributed by atoms with Gasteiger partial charge in [0.25, 0.3) is 0 Å². The number of nitrogens with zero attached hydrogens (tertiary/aromatic N) is 3. The summed E-state index contributed by atoms with van der Waals surface area (Å²) in [6.45, 7) is 4.00. The van der Waals surface area contributed by atoms with Crippen LogP contribution >= 0.6 is 0 Å². The van der Waals surface area contributed by atoms with Gasteiger partial charge < -0.3 is 9.30 Å². The third kappa shape index (κ3) is 3.47. The molecule has 2 aromatic rings. The van der Waals surface area contributed by atoms with Gasteiger partial charge in [0.15, 0.2) is 5.78 Å². The Kier molecular flexibility index (Phi) is 4.83. The minimum absolute atomic E-state index is 0.247. The number of hydrogen-bond donors (Lipinski definition) is 0. The molecular formula is C20H25N3O2. The molecule has 5 nitrogen and oxygen atoms in total. The van der Waals surface area contributed by atoms with Crippen LogP contribution in [0, 0.1) is 0 Å². The van der Waals surface area contributed by atoms with Crippen LogP contribution in [0.4, 0.5) is 0 Å². The highest BCUT2D eigenvalue weighted by Crippen LogP contribution is 2.29. The molecule has 1 aliphatic heterocycles. The van der Waals surface area contributed by atoms with Crippen molar-refractivity contribution in [1.29, 1.82) is 0 Å². The van der Waals surface area contributed by atoms with Crippen LogP contribution in [0.1, 0.15) is 48.2 Å². The Morgan fingerprint density at radius 3 is 2.84 bits per heavy atom. The molecule has 0 N–H and O–H groups in total. The second kappa shape index (κ2) is 7.40. The number of piperidine rings is 1. The number of carbonyl (C=O) groups is 1. The molecule has 0 unspecified atom stereocenters. The lowest BCUT2D eigenvalue weighted by Gasteiger charge is -2.26. The first-order valence-electron chi connectivity index (χ1n) is 9.36. The lowest BCUT2D eigenvalue weighted by molar-refractivity contribution is 0.0972. The van der Waals surface area contributed by atoms with Crippen molar-refractivity contribution in [1.82, 2.24) is 14.5 Å². The van der Waals surface area contributed by atoms with E-state index in [1.165, 1.54) is 32.4 Å². The van der Waals surface area contributed by atoms with Gasteiger partial charge in [0, 0.05) is 42.7 Å². The van der Waals surface area contributed by atoms with Gasteiger partial charge in [-0.3, -0.25) is 14.7 Å². The summed E-state index contributed by atoms with van der Waals surface area (Å²) in [5.41, 5.74) is 2.87. The molecular weight excluding hydrogens is 314 g/mol. The van der Waals surface area contributed by atoms with E-state index in [1.54, 1.807) is 6.20 Å². The number of likely N-dealkylation sites (tertiary alicyclic amines) is 1. The van der Waals surface area contributed by atoms with Gasteiger partial charge in [0.05, 0.1) is 6.20 Å². The van der Waals surface area contributed by atoms with Gasteiger partial charge in [-0.2, -0.15) is 0 Å². The summed E-state index contributed by atoms with van der Waals surface area (Å²) >= 11 is 0. The van der Waals surface area contributed by atoms with Gasteiger partial charge in [0.1, 0.15) is 18.0 Å². The number of fused-ring (bicyclic) bond motifs is 1. The van der Waals surface area contributed by atoms with E-state index in [0.29, 0.717) is 13.0 Å². The maximum atomic E-state index is 12.1. The highest BCUT2D eigenvalue weighted by Gasteiger charge is 2.22. The van der Waals surface area contributed by atoms with Gasteiger partial charge in [-0.1, -0.05) is 6.42 Å². The summed E-state index contributed by atoms with van der Waals surface area (Å²) in [6.07, 6.45) is 12.0. The molecule has 1 fully saturated rings. The molecule has 132 valence electrons. The van der Waals surface area contributed by atoms with Crippen molar-refractivity contribution in [3.8, 4) is 11.4 Å². The van der Waals surface area contributed by atoms with Crippen molar-refractivity contribution in [2.45, 2.75) is 38.5 Å². The lowest BCUT2D eigenvalue weighted by atomic mass is 9.97. The summed E-state index contributed by atoms with van der Waals surface area (Å²) in [4.78, 5) is 18.8. The maximum absolute atomic E-state index is 12.1. The molecule has 0 aromatic carbocycles. The highest BCUT2D eigenvalue weighted by molar-refractivity contribution is 5.98. The van der Waals surface area contributed by atoms with Crippen LogP contribution in [0.15, 0.2) is 30.7 Å². The van der Waals surface area contributed by atoms with Crippen LogP contribution < -0.4 is 4.74 Å². The van der Waals surface area contributed by atoms with E-state index in [9.17, 15) is 4.79 Å². The molecule has 0 spiro atoms. The van der Waals surface area contributed by atoms with Crippen molar-refractivity contribution < 1.29 is 9.53 Å². The fraction of sp³-hybridized carbons (Fsp3) is 0.500. The standard InChI is InChI=1S/C20H25N3O2/c24-19-6-4-5-17-16(19)8-12-23(17)18-15-21-9-7-20(18)25-14-13-22-10-2-1-3-11-22/h7-9,12,15H,1-6,10-11,13-14H2. The molecule has 2 aromatic heterocycles. The van der Waals surface area contributed by atoms with Gasteiger partial charge in [0.2, 0.25) is 0 Å². The Balaban J connectivity index is 1.50. The second-order valence-corrected chi connectivity index (χ2v) is 6.92. The minimum Gasteiger partial charge on any atom is -0.490 e. The predicted octanol–water partition coefficient (Wildman–Crippen LogP) is 3.26. The average Bonchev–Trinajstić information content (AvgIpc) is 3.08. The molecule has 5 heteroatoms. The number of aromatic nitrogens is 2. The van der Waals surface area contributed by atoms with Crippen molar-refractivity contribution >= 4 is 5.78 Å². The SMILES string of the molecule is O=C1CCCc2c1ccn2-c1cnccc1OCCN1CCCCC1. The molecule has 0 radical (unpaired) electrons. The van der Waals surface area contributed by atoms with Crippen LogP contribution in [-0.4, -0.2) is 46.5 Å². The quantitative estimate of drug-likeness (QED) is 0.839. The zero-order valence-corrected chi connectivity index (χ0v) is 14.6. The first-order valence-corrected chi connectivity index (χ1v) is 9.36. The molecule has 25 heavy (non-hydrogen) atoms. The molecule has 0 bridgehead atoms. The van der Waals surface area contributed by atoms with E-state index < -0.39 is 0 Å². The first kappa shape index (κ1) is 16.3. The Hall–Kier alpha value is -2.14. The van der Waals surface area contributed by atoms with E-state index in [-0.39, 0.29) is 5.78 Å². The van der Waals surface area contributed by atoms with Gasteiger partial charge >= 0.3 is 0 Å². The Bertz CT molecular complexity index is 747. The minimum atomic E-state index is 0.247. The van der Waals surface area contributed by atoms with Crippen molar-refractivity contribution in [2.75, 3.05) is 26.2 Å². The summed E-state index contributed by atoms with van der Waals surface area (Å²) in [6, 6.07) is 3.85.